The summed E-state index contributed by atoms with van der Waals surface area (Å²) in [5, 5.41) is 8.12. The summed E-state index contributed by atoms with van der Waals surface area (Å²) in [6, 6.07) is 4.71. The van der Waals surface area contributed by atoms with E-state index in [1.54, 1.807) is 6.07 Å². The van der Waals surface area contributed by atoms with E-state index in [-0.39, 0.29) is 5.82 Å². The van der Waals surface area contributed by atoms with Gasteiger partial charge < -0.3 is 5.73 Å². The third-order valence-corrected chi connectivity index (χ3v) is 3.43. The molecule has 0 aliphatic carbocycles. The summed E-state index contributed by atoms with van der Waals surface area (Å²) < 4.78 is 15.9. The van der Waals surface area contributed by atoms with Crippen molar-refractivity contribution in [3.63, 3.8) is 0 Å². The van der Waals surface area contributed by atoms with E-state index in [0.717, 1.165) is 21.0 Å². The molecular formula is C10H9FN4S. The van der Waals surface area contributed by atoms with E-state index in [1.165, 1.54) is 23.5 Å². The molecule has 0 aliphatic heterocycles. The van der Waals surface area contributed by atoms with Crippen LogP contribution in [0.25, 0.3) is 15.2 Å². The van der Waals surface area contributed by atoms with Crippen molar-refractivity contribution in [2.75, 3.05) is 6.54 Å². The zero-order chi connectivity index (χ0) is 11.1. The molecule has 0 bridgehead atoms. The molecule has 3 rings (SSSR count). The highest BCUT2D eigenvalue weighted by atomic mass is 32.1. The first-order valence-corrected chi connectivity index (χ1v) is 5.73. The number of aromatic nitrogens is 3. The summed E-state index contributed by atoms with van der Waals surface area (Å²) >= 11 is 1.43. The van der Waals surface area contributed by atoms with Gasteiger partial charge in [0.2, 0.25) is 4.96 Å². The van der Waals surface area contributed by atoms with Crippen molar-refractivity contribution in [1.82, 2.24) is 14.6 Å². The average Bonchev–Trinajstić information content (AvgIpc) is 2.78. The quantitative estimate of drug-likeness (QED) is 0.735. The Kier molecular flexibility index (Phi) is 2.12. The van der Waals surface area contributed by atoms with Crippen molar-refractivity contribution < 1.29 is 4.39 Å². The number of benzene rings is 1. The highest BCUT2D eigenvalue weighted by molar-refractivity contribution is 7.23. The number of hydrogen-bond donors (Lipinski definition) is 1. The maximum Gasteiger partial charge on any atom is 0.217 e. The third-order valence-electron chi connectivity index (χ3n) is 2.43. The molecular weight excluding hydrogens is 227 g/mol. The van der Waals surface area contributed by atoms with Gasteiger partial charge in [0.15, 0.2) is 0 Å². The normalized spacial score (nSPS) is 11.6. The molecule has 0 radical (unpaired) electrons. The lowest BCUT2D eigenvalue weighted by atomic mass is 10.3. The Balaban J connectivity index is 2.36. The summed E-state index contributed by atoms with van der Waals surface area (Å²) in [6.07, 6.45) is 0.671. The first-order chi connectivity index (χ1) is 7.79. The summed E-state index contributed by atoms with van der Waals surface area (Å²) in [7, 11) is 0. The predicted octanol–water partition coefficient (Wildman–Crippen LogP) is 1.58. The molecule has 4 nitrogen and oxygen atoms in total. The third kappa shape index (κ3) is 1.30. The highest BCUT2D eigenvalue weighted by Gasteiger charge is 2.11. The molecule has 0 fully saturated rings. The summed E-state index contributed by atoms with van der Waals surface area (Å²) in [6.45, 7) is 0.527. The van der Waals surface area contributed by atoms with Crippen molar-refractivity contribution in [3.05, 3.63) is 29.8 Å². The number of thiazole rings is 1. The summed E-state index contributed by atoms with van der Waals surface area (Å²) in [4.78, 5) is 0.782. The zero-order valence-electron chi connectivity index (χ0n) is 8.35. The van der Waals surface area contributed by atoms with Gasteiger partial charge >= 0.3 is 0 Å². The second kappa shape index (κ2) is 3.50. The van der Waals surface area contributed by atoms with E-state index >= 15 is 0 Å². The molecule has 16 heavy (non-hydrogen) atoms. The van der Waals surface area contributed by atoms with Gasteiger partial charge in [0, 0.05) is 6.42 Å². The summed E-state index contributed by atoms with van der Waals surface area (Å²) in [5.41, 5.74) is 6.45. The Bertz CT molecular complexity index is 657. The van der Waals surface area contributed by atoms with E-state index in [9.17, 15) is 4.39 Å². The molecule has 3 aromatic rings. The van der Waals surface area contributed by atoms with Crippen molar-refractivity contribution in [3.8, 4) is 0 Å². The zero-order valence-corrected chi connectivity index (χ0v) is 9.17. The Hall–Kier alpha value is -1.53. The minimum Gasteiger partial charge on any atom is -0.330 e. The van der Waals surface area contributed by atoms with Gasteiger partial charge in [-0.2, -0.15) is 0 Å². The molecule has 2 heterocycles. The molecule has 82 valence electrons. The van der Waals surface area contributed by atoms with Crippen LogP contribution in [0.15, 0.2) is 18.2 Å². The molecule has 6 heteroatoms. The van der Waals surface area contributed by atoms with Gasteiger partial charge in [-0.1, -0.05) is 11.3 Å². The van der Waals surface area contributed by atoms with E-state index < -0.39 is 0 Å². The molecule has 2 N–H and O–H groups in total. The second-order valence-electron chi connectivity index (χ2n) is 3.49. The second-order valence-corrected chi connectivity index (χ2v) is 4.50. The van der Waals surface area contributed by atoms with Crippen LogP contribution < -0.4 is 5.73 Å². The minimum atomic E-state index is -0.231. The molecule has 0 aliphatic rings. The van der Waals surface area contributed by atoms with Crippen LogP contribution in [-0.2, 0) is 6.42 Å². The standard InChI is InChI=1S/C10H9FN4S/c11-6-1-2-7-8(5-6)16-10-14-13-9(3-4-12)15(7)10/h1-2,5H,3-4,12H2. The fraction of sp³-hybridized carbons (Fsp3) is 0.200. The molecule has 0 saturated heterocycles. The smallest absolute Gasteiger partial charge is 0.217 e. The largest absolute Gasteiger partial charge is 0.330 e. The SMILES string of the molecule is NCCc1nnc2sc3cc(F)ccc3n12. The fourth-order valence-electron chi connectivity index (χ4n) is 1.75. The van der Waals surface area contributed by atoms with Crippen molar-refractivity contribution in [2.24, 2.45) is 5.73 Å². The van der Waals surface area contributed by atoms with Crippen LogP contribution in [0.5, 0.6) is 0 Å². The number of halogens is 1. The van der Waals surface area contributed by atoms with Crippen LogP contribution in [0.2, 0.25) is 0 Å². The van der Waals surface area contributed by atoms with Gasteiger partial charge in [0.1, 0.15) is 11.6 Å². The molecule has 0 atom stereocenters. The lowest BCUT2D eigenvalue weighted by molar-refractivity contribution is 0.630. The van der Waals surface area contributed by atoms with Crippen LogP contribution in [0.3, 0.4) is 0 Å². The van der Waals surface area contributed by atoms with E-state index in [1.807, 2.05) is 4.40 Å². The van der Waals surface area contributed by atoms with E-state index in [4.69, 9.17) is 5.73 Å². The topological polar surface area (TPSA) is 56.2 Å². The predicted molar refractivity (Wildman–Crippen MR) is 61.1 cm³/mol. The lowest BCUT2D eigenvalue weighted by Crippen LogP contribution is -2.06. The van der Waals surface area contributed by atoms with E-state index in [0.29, 0.717) is 13.0 Å². The Labute approximate surface area is 94.5 Å². The summed E-state index contributed by atoms with van der Waals surface area (Å²) in [5.74, 6) is 0.598. The van der Waals surface area contributed by atoms with Gasteiger partial charge in [0.25, 0.3) is 0 Å². The molecule has 2 aromatic heterocycles. The van der Waals surface area contributed by atoms with Crippen molar-refractivity contribution in [1.29, 1.82) is 0 Å². The fourth-order valence-corrected chi connectivity index (χ4v) is 2.76. The first kappa shape index (κ1) is 9.68. The van der Waals surface area contributed by atoms with Crippen LogP contribution in [0.4, 0.5) is 4.39 Å². The van der Waals surface area contributed by atoms with Gasteiger partial charge in [-0.05, 0) is 24.7 Å². The van der Waals surface area contributed by atoms with Crippen LogP contribution in [0, 0.1) is 5.82 Å². The molecule has 0 amide bonds. The average molecular weight is 236 g/mol. The number of nitrogens with two attached hydrogens (primary N) is 1. The number of rotatable bonds is 2. The molecule has 0 spiro atoms. The van der Waals surface area contributed by atoms with Crippen LogP contribution >= 0.6 is 11.3 Å². The maximum atomic E-state index is 13.1. The Morgan fingerprint density at radius 3 is 3.06 bits per heavy atom. The molecule has 0 unspecified atom stereocenters. The minimum absolute atomic E-state index is 0.231. The number of nitrogens with zero attached hydrogens (tertiary/aromatic N) is 3. The Morgan fingerprint density at radius 1 is 1.38 bits per heavy atom. The van der Waals surface area contributed by atoms with Crippen LogP contribution in [0.1, 0.15) is 5.82 Å². The lowest BCUT2D eigenvalue weighted by Gasteiger charge is -1.96. The number of hydrogen-bond acceptors (Lipinski definition) is 4. The monoisotopic (exact) mass is 236 g/mol. The number of fused-ring (bicyclic) bond motifs is 3. The highest BCUT2D eigenvalue weighted by Crippen LogP contribution is 2.26. The van der Waals surface area contributed by atoms with Crippen LogP contribution in [-0.4, -0.2) is 21.1 Å². The van der Waals surface area contributed by atoms with E-state index in [2.05, 4.69) is 10.2 Å². The van der Waals surface area contributed by atoms with Gasteiger partial charge in [-0.25, -0.2) is 4.39 Å². The first-order valence-electron chi connectivity index (χ1n) is 4.92. The van der Waals surface area contributed by atoms with Gasteiger partial charge in [-0.3, -0.25) is 4.40 Å². The van der Waals surface area contributed by atoms with Crippen molar-refractivity contribution in [2.45, 2.75) is 6.42 Å². The Morgan fingerprint density at radius 2 is 2.25 bits per heavy atom. The molecule has 0 saturated carbocycles. The molecule has 1 aromatic carbocycles. The van der Waals surface area contributed by atoms with Crippen molar-refractivity contribution >= 4 is 26.5 Å². The van der Waals surface area contributed by atoms with Gasteiger partial charge in [-0.15, -0.1) is 10.2 Å². The maximum absolute atomic E-state index is 13.1. The van der Waals surface area contributed by atoms with Gasteiger partial charge in [0.05, 0.1) is 10.2 Å².